The lowest BCUT2D eigenvalue weighted by Crippen LogP contribution is -2.24. The number of likely N-dealkylation sites (tertiary alicyclic amines) is 1. The van der Waals surface area contributed by atoms with Crippen LogP contribution in [0.5, 0.6) is 0 Å². The molecule has 5 rings (SSSR count). The molecule has 2 aromatic heterocycles. The molecule has 2 atom stereocenters. The summed E-state index contributed by atoms with van der Waals surface area (Å²) in [6, 6.07) is 12.4. The van der Waals surface area contributed by atoms with Crippen LogP contribution in [0.3, 0.4) is 0 Å². The monoisotopic (exact) mass is 440 g/mol. The number of nitrogens with zero attached hydrogens (tertiary/aromatic N) is 4. The highest BCUT2D eigenvalue weighted by Gasteiger charge is 2.36. The van der Waals surface area contributed by atoms with Gasteiger partial charge in [0.25, 0.3) is 0 Å². The number of rotatable bonds is 5. The maximum Gasteiger partial charge on any atom is 0.244 e. The molecule has 0 aliphatic carbocycles. The summed E-state index contributed by atoms with van der Waals surface area (Å²) in [5.41, 5.74) is 3.09. The van der Waals surface area contributed by atoms with Crippen molar-refractivity contribution >= 4 is 22.5 Å². The Kier molecular flexibility index (Phi) is 5.25. The van der Waals surface area contributed by atoms with Crippen molar-refractivity contribution < 1.29 is 14.0 Å². The molecule has 0 radical (unpaired) electrons. The average Bonchev–Trinajstić information content (AvgIpc) is 3.43. The Morgan fingerprint density at radius 2 is 2.06 bits per heavy atom. The molecule has 1 aliphatic heterocycles. The van der Waals surface area contributed by atoms with Gasteiger partial charge < -0.3 is 14.2 Å². The predicted octanol–water partition coefficient (Wildman–Crippen LogP) is 4.25. The first kappa shape index (κ1) is 20.2. The van der Waals surface area contributed by atoms with E-state index in [1.807, 2.05) is 19.2 Å². The van der Waals surface area contributed by atoms with E-state index in [1.54, 1.807) is 6.07 Å². The van der Waals surface area contributed by atoms with E-state index in [1.165, 1.54) is 28.6 Å². The van der Waals surface area contributed by atoms with Crippen molar-refractivity contribution in [3.8, 4) is 0 Å². The van der Waals surface area contributed by atoms with E-state index in [0.29, 0.717) is 42.7 Å². The molecule has 31 heavy (non-hydrogen) atoms. The van der Waals surface area contributed by atoms with E-state index < -0.39 is 6.10 Å². The van der Waals surface area contributed by atoms with Crippen molar-refractivity contribution in [2.45, 2.75) is 31.5 Å². The van der Waals surface area contributed by atoms with Crippen molar-refractivity contribution in [2.24, 2.45) is 7.05 Å². The highest BCUT2D eigenvalue weighted by molar-refractivity contribution is 6.31. The van der Waals surface area contributed by atoms with Gasteiger partial charge in [-0.3, -0.25) is 4.90 Å². The van der Waals surface area contributed by atoms with Gasteiger partial charge in [-0.05, 0) is 35.7 Å². The lowest BCUT2D eigenvalue weighted by Gasteiger charge is -2.20. The standard InChI is InChI=1S/C23H22ClFN4O2/c1-28-11-15(18-4-2-3-5-20(18)28)12-29-13-17(30)10-21(29)23-26-22(27-31-23)8-14-6-7-16(25)9-19(14)24/h2-7,9,11,17,21,30H,8,10,12-13H2,1H3. The first-order chi connectivity index (χ1) is 15.0. The Morgan fingerprint density at radius 1 is 1.23 bits per heavy atom. The number of para-hydroxylation sites is 1. The Morgan fingerprint density at radius 3 is 2.90 bits per heavy atom. The van der Waals surface area contributed by atoms with Crippen LogP contribution in [0.4, 0.5) is 4.39 Å². The Balaban J connectivity index is 1.37. The van der Waals surface area contributed by atoms with Crippen molar-refractivity contribution in [3.63, 3.8) is 0 Å². The van der Waals surface area contributed by atoms with E-state index in [9.17, 15) is 9.50 Å². The van der Waals surface area contributed by atoms with Gasteiger partial charge in [0.1, 0.15) is 5.82 Å². The maximum absolute atomic E-state index is 13.3. The van der Waals surface area contributed by atoms with Crippen molar-refractivity contribution in [2.75, 3.05) is 6.54 Å². The minimum atomic E-state index is -0.457. The van der Waals surface area contributed by atoms with Gasteiger partial charge in [0.15, 0.2) is 5.82 Å². The van der Waals surface area contributed by atoms with E-state index in [-0.39, 0.29) is 11.9 Å². The van der Waals surface area contributed by atoms with Crippen LogP contribution in [-0.2, 0) is 20.0 Å². The number of halogens is 2. The number of benzene rings is 2. The summed E-state index contributed by atoms with van der Waals surface area (Å²) in [5.74, 6) is 0.576. The summed E-state index contributed by atoms with van der Waals surface area (Å²) in [6.07, 6.45) is 2.55. The molecule has 2 unspecified atom stereocenters. The third kappa shape index (κ3) is 3.96. The van der Waals surface area contributed by atoms with E-state index in [0.717, 1.165) is 5.56 Å². The zero-order valence-electron chi connectivity index (χ0n) is 17.0. The molecule has 160 valence electrons. The van der Waals surface area contributed by atoms with Crippen LogP contribution in [0.15, 0.2) is 53.2 Å². The van der Waals surface area contributed by atoms with Gasteiger partial charge in [-0.2, -0.15) is 4.98 Å². The topological polar surface area (TPSA) is 67.3 Å². The zero-order valence-corrected chi connectivity index (χ0v) is 17.8. The molecule has 6 nitrogen and oxygen atoms in total. The van der Waals surface area contributed by atoms with Crippen LogP contribution in [-0.4, -0.2) is 37.4 Å². The van der Waals surface area contributed by atoms with Gasteiger partial charge in [0.05, 0.1) is 12.1 Å². The lowest BCUT2D eigenvalue weighted by molar-refractivity contribution is 0.169. The van der Waals surface area contributed by atoms with Gasteiger partial charge in [-0.15, -0.1) is 0 Å². The smallest absolute Gasteiger partial charge is 0.244 e. The molecular formula is C23H22ClFN4O2. The molecule has 1 aliphatic rings. The maximum atomic E-state index is 13.3. The second-order valence-electron chi connectivity index (χ2n) is 8.08. The fourth-order valence-electron chi connectivity index (χ4n) is 4.39. The first-order valence-electron chi connectivity index (χ1n) is 10.2. The minimum Gasteiger partial charge on any atom is -0.392 e. The third-order valence-electron chi connectivity index (χ3n) is 5.87. The zero-order chi connectivity index (χ0) is 21.5. The second kappa shape index (κ2) is 8.07. The molecular weight excluding hydrogens is 419 g/mol. The fraction of sp³-hybridized carbons (Fsp3) is 0.304. The predicted molar refractivity (Wildman–Crippen MR) is 115 cm³/mol. The Labute approximate surface area is 183 Å². The van der Waals surface area contributed by atoms with Gasteiger partial charge in [0, 0.05) is 48.7 Å². The van der Waals surface area contributed by atoms with Crippen LogP contribution in [0, 0.1) is 5.82 Å². The van der Waals surface area contributed by atoms with Crippen molar-refractivity contribution in [3.05, 3.63) is 82.3 Å². The number of aliphatic hydroxyl groups is 1. The molecule has 0 spiro atoms. The van der Waals surface area contributed by atoms with E-state index >= 15 is 0 Å². The van der Waals surface area contributed by atoms with E-state index in [4.69, 9.17) is 16.1 Å². The third-order valence-corrected chi connectivity index (χ3v) is 6.22. The fourth-order valence-corrected chi connectivity index (χ4v) is 4.63. The first-order valence-corrected chi connectivity index (χ1v) is 10.6. The molecule has 0 bridgehead atoms. The molecule has 3 heterocycles. The number of aryl methyl sites for hydroxylation is 1. The number of β-amino-alcohol motifs (C(OH)–C–C–N with tert-alkyl or cyclic N) is 1. The van der Waals surface area contributed by atoms with Crippen LogP contribution < -0.4 is 0 Å². The van der Waals surface area contributed by atoms with Gasteiger partial charge in [-0.25, -0.2) is 4.39 Å². The van der Waals surface area contributed by atoms with Crippen LogP contribution >= 0.6 is 11.6 Å². The summed E-state index contributed by atoms with van der Waals surface area (Å²) in [6.45, 7) is 1.21. The summed E-state index contributed by atoms with van der Waals surface area (Å²) >= 11 is 6.13. The van der Waals surface area contributed by atoms with Crippen molar-refractivity contribution in [1.82, 2.24) is 19.6 Å². The number of hydrogen-bond acceptors (Lipinski definition) is 5. The summed E-state index contributed by atoms with van der Waals surface area (Å²) in [5, 5.41) is 16.0. The normalized spacial score (nSPS) is 19.5. The molecule has 4 aromatic rings. The summed E-state index contributed by atoms with van der Waals surface area (Å²) < 4.78 is 21.0. The number of aliphatic hydroxyl groups excluding tert-OH is 1. The van der Waals surface area contributed by atoms with Crippen LogP contribution in [0.2, 0.25) is 5.02 Å². The number of hydrogen-bond donors (Lipinski definition) is 1. The highest BCUT2D eigenvalue weighted by atomic mass is 35.5. The van der Waals surface area contributed by atoms with E-state index in [2.05, 4.69) is 37.9 Å². The average molecular weight is 441 g/mol. The van der Waals surface area contributed by atoms with Crippen molar-refractivity contribution in [1.29, 1.82) is 0 Å². The minimum absolute atomic E-state index is 0.168. The van der Waals surface area contributed by atoms with Crippen LogP contribution in [0.1, 0.15) is 35.3 Å². The highest BCUT2D eigenvalue weighted by Crippen LogP contribution is 2.34. The number of aromatic nitrogens is 3. The summed E-state index contributed by atoms with van der Waals surface area (Å²) in [7, 11) is 2.03. The molecule has 8 heteroatoms. The molecule has 0 saturated carbocycles. The Bertz CT molecular complexity index is 1240. The Hall–Kier alpha value is -2.74. The number of fused-ring (bicyclic) bond motifs is 1. The largest absolute Gasteiger partial charge is 0.392 e. The molecule has 2 aromatic carbocycles. The van der Waals surface area contributed by atoms with Gasteiger partial charge >= 0.3 is 0 Å². The lowest BCUT2D eigenvalue weighted by atomic mass is 10.1. The molecule has 1 saturated heterocycles. The quantitative estimate of drug-likeness (QED) is 0.502. The molecule has 1 fully saturated rings. The van der Waals surface area contributed by atoms with Crippen LogP contribution in [0.25, 0.3) is 10.9 Å². The molecule has 0 amide bonds. The SMILES string of the molecule is Cn1cc(CN2CC(O)CC2c2nc(Cc3ccc(F)cc3Cl)no2)c2ccccc21. The second-order valence-corrected chi connectivity index (χ2v) is 8.49. The van der Waals surface area contributed by atoms with Gasteiger partial charge in [0.2, 0.25) is 5.89 Å². The molecule has 1 N–H and O–H groups in total. The summed E-state index contributed by atoms with van der Waals surface area (Å²) in [4.78, 5) is 6.73. The van der Waals surface area contributed by atoms with Gasteiger partial charge in [-0.1, -0.05) is 41.0 Å².